The normalized spacial score (nSPS) is 23.6. The fourth-order valence-corrected chi connectivity index (χ4v) is 5.37. The Morgan fingerprint density at radius 1 is 1.30 bits per heavy atom. The Hall–Kier alpha value is -1.60. The van der Waals surface area contributed by atoms with Crippen molar-refractivity contribution in [2.45, 2.75) is 62.6 Å². The molecule has 0 radical (unpaired) electrons. The molecule has 1 heterocycles. The van der Waals surface area contributed by atoms with Crippen molar-refractivity contribution in [1.29, 1.82) is 0 Å². The summed E-state index contributed by atoms with van der Waals surface area (Å²) in [4.78, 5) is 12.6. The summed E-state index contributed by atoms with van der Waals surface area (Å²) >= 11 is 2.95. The molecule has 5 nitrogen and oxygen atoms in total. The third kappa shape index (κ3) is 5.45. The first-order valence-electron chi connectivity index (χ1n) is 9.56. The molecule has 4 atom stereocenters. The molecule has 0 saturated heterocycles. The summed E-state index contributed by atoms with van der Waals surface area (Å²) in [5.41, 5.74) is 2.18. The molecule has 1 amide bonds. The molecule has 7 heteroatoms. The van der Waals surface area contributed by atoms with Gasteiger partial charge in [-0.3, -0.25) is 4.79 Å². The maximum absolute atomic E-state index is 12.6. The van der Waals surface area contributed by atoms with Gasteiger partial charge in [-0.2, -0.15) is 0 Å². The number of hydrogen-bond donors (Lipinski definition) is 2. The largest absolute Gasteiger partial charge is 0.352 e. The van der Waals surface area contributed by atoms with Crippen LogP contribution in [0.5, 0.6) is 0 Å². The van der Waals surface area contributed by atoms with E-state index < -0.39 is 0 Å². The predicted octanol–water partition coefficient (Wildman–Crippen LogP) is 5.01. The van der Waals surface area contributed by atoms with Gasteiger partial charge in [-0.25, -0.2) is 0 Å². The number of benzene rings is 1. The van der Waals surface area contributed by atoms with Gasteiger partial charge in [0.25, 0.3) is 0 Å². The molecule has 0 bridgehead atoms. The molecule has 2 aromatic rings. The van der Waals surface area contributed by atoms with E-state index in [1.54, 1.807) is 0 Å². The van der Waals surface area contributed by atoms with Gasteiger partial charge in [0, 0.05) is 11.7 Å². The molecule has 27 heavy (non-hydrogen) atoms. The molecule has 1 fully saturated rings. The second-order valence-corrected chi connectivity index (χ2v) is 10.1. The lowest BCUT2D eigenvalue weighted by Crippen LogP contribution is -2.46. The number of thioether (sulfide) groups is 1. The van der Waals surface area contributed by atoms with Crippen molar-refractivity contribution < 1.29 is 4.79 Å². The molecule has 1 aliphatic rings. The molecular weight excluding hydrogens is 376 g/mol. The van der Waals surface area contributed by atoms with Crippen LogP contribution in [0.2, 0.25) is 0 Å². The lowest BCUT2D eigenvalue weighted by Gasteiger charge is -2.35. The van der Waals surface area contributed by atoms with E-state index >= 15 is 0 Å². The van der Waals surface area contributed by atoms with E-state index in [1.165, 1.54) is 41.5 Å². The van der Waals surface area contributed by atoms with Crippen molar-refractivity contribution >= 4 is 39.8 Å². The minimum absolute atomic E-state index is 0.0920. The summed E-state index contributed by atoms with van der Waals surface area (Å²) in [6.45, 7) is 8.53. The van der Waals surface area contributed by atoms with Crippen LogP contribution in [-0.4, -0.2) is 27.4 Å². The number of nitrogens with zero attached hydrogens (tertiary/aromatic N) is 2. The smallest absolute Gasteiger partial charge is 0.233 e. The number of rotatable bonds is 6. The van der Waals surface area contributed by atoms with Crippen molar-refractivity contribution in [2.75, 3.05) is 5.32 Å². The standard InChI is InChI=1S/C20H28N4OS2/c1-12-7-5-9-16(11-12)21-19-23-24-20(27-19)26-15(4)18(25)22-17-10-6-8-13(2)14(17)3/h5,7,9,11,13-15,17H,6,8,10H2,1-4H3,(H,21,23)(H,22,25)/t13-,14-,15+,17-/m0/s1. The highest BCUT2D eigenvalue weighted by molar-refractivity contribution is 8.02. The van der Waals surface area contributed by atoms with Crippen molar-refractivity contribution in [3.05, 3.63) is 29.8 Å². The third-order valence-electron chi connectivity index (χ3n) is 5.36. The fraction of sp³-hybridized carbons (Fsp3) is 0.550. The maximum atomic E-state index is 12.6. The molecule has 1 saturated carbocycles. The van der Waals surface area contributed by atoms with Crippen LogP contribution in [0.25, 0.3) is 0 Å². The maximum Gasteiger partial charge on any atom is 0.233 e. The van der Waals surface area contributed by atoms with Crippen LogP contribution in [0.1, 0.15) is 45.6 Å². The predicted molar refractivity (Wildman–Crippen MR) is 114 cm³/mol. The molecule has 0 aliphatic heterocycles. The van der Waals surface area contributed by atoms with Crippen molar-refractivity contribution in [3.8, 4) is 0 Å². The van der Waals surface area contributed by atoms with Gasteiger partial charge < -0.3 is 10.6 Å². The first-order valence-corrected chi connectivity index (χ1v) is 11.3. The lowest BCUT2D eigenvalue weighted by atomic mass is 9.78. The van der Waals surface area contributed by atoms with Crippen molar-refractivity contribution in [3.63, 3.8) is 0 Å². The number of carbonyl (C=O) groups excluding carboxylic acids is 1. The van der Waals surface area contributed by atoms with Crippen LogP contribution in [0.3, 0.4) is 0 Å². The number of aromatic nitrogens is 2. The Labute approximate surface area is 169 Å². The molecule has 1 aliphatic carbocycles. The molecular formula is C20H28N4OS2. The molecule has 2 N–H and O–H groups in total. The van der Waals surface area contributed by atoms with Gasteiger partial charge >= 0.3 is 0 Å². The van der Waals surface area contributed by atoms with E-state index in [0.29, 0.717) is 11.8 Å². The Morgan fingerprint density at radius 3 is 2.89 bits per heavy atom. The second kappa shape index (κ2) is 9.06. The number of hydrogen-bond acceptors (Lipinski definition) is 6. The number of aryl methyl sites for hydroxylation is 1. The highest BCUT2D eigenvalue weighted by Crippen LogP contribution is 2.32. The summed E-state index contributed by atoms with van der Waals surface area (Å²) in [6, 6.07) is 8.42. The summed E-state index contributed by atoms with van der Waals surface area (Å²) in [7, 11) is 0. The average Bonchev–Trinajstić information content (AvgIpc) is 3.05. The molecule has 1 aromatic heterocycles. The van der Waals surface area contributed by atoms with Crippen molar-refractivity contribution in [1.82, 2.24) is 15.5 Å². The van der Waals surface area contributed by atoms with E-state index in [-0.39, 0.29) is 17.2 Å². The Kier molecular flexibility index (Phi) is 6.76. The Balaban J connectivity index is 1.54. The van der Waals surface area contributed by atoms with Gasteiger partial charge in [-0.15, -0.1) is 10.2 Å². The molecule has 0 spiro atoms. The minimum atomic E-state index is -0.186. The van der Waals surface area contributed by atoms with Crippen LogP contribution >= 0.6 is 23.1 Å². The number of anilines is 2. The highest BCUT2D eigenvalue weighted by atomic mass is 32.2. The quantitative estimate of drug-likeness (QED) is 0.662. The number of amides is 1. The SMILES string of the molecule is Cc1cccc(Nc2nnc(S[C@H](C)C(=O)N[C@H]3CCC[C@H](C)[C@@H]3C)s2)c1. The van der Waals surface area contributed by atoms with Crippen molar-refractivity contribution in [2.24, 2.45) is 11.8 Å². The van der Waals surface area contributed by atoms with E-state index in [2.05, 4.69) is 53.7 Å². The second-order valence-electron chi connectivity index (χ2n) is 7.51. The van der Waals surface area contributed by atoms with Gasteiger partial charge in [0.1, 0.15) is 0 Å². The average molecular weight is 405 g/mol. The molecule has 1 aromatic carbocycles. The van der Waals surface area contributed by atoms with E-state index in [0.717, 1.165) is 21.6 Å². The summed E-state index contributed by atoms with van der Waals surface area (Å²) in [5, 5.41) is 15.5. The summed E-state index contributed by atoms with van der Waals surface area (Å²) < 4.78 is 0.804. The Morgan fingerprint density at radius 2 is 2.11 bits per heavy atom. The first-order chi connectivity index (χ1) is 12.9. The third-order valence-corrected chi connectivity index (χ3v) is 7.38. The minimum Gasteiger partial charge on any atom is -0.352 e. The van der Waals surface area contributed by atoms with Gasteiger partial charge in [-0.1, -0.05) is 61.9 Å². The molecule has 0 unspecified atom stereocenters. The lowest BCUT2D eigenvalue weighted by molar-refractivity contribution is -0.121. The monoisotopic (exact) mass is 404 g/mol. The van der Waals surface area contributed by atoms with Gasteiger partial charge in [0.2, 0.25) is 11.0 Å². The fourth-order valence-electron chi connectivity index (χ4n) is 3.44. The Bertz CT molecular complexity index is 779. The summed E-state index contributed by atoms with van der Waals surface area (Å²) in [6.07, 6.45) is 3.54. The topological polar surface area (TPSA) is 66.9 Å². The van der Waals surface area contributed by atoms with Crippen LogP contribution in [-0.2, 0) is 4.79 Å². The van der Waals surface area contributed by atoms with Crippen LogP contribution in [0.4, 0.5) is 10.8 Å². The first kappa shape index (κ1) is 20.1. The zero-order valence-corrected chi connectivity index (χ0v) is 18.0. The van der Waals surface area contributed by atoms with Gasteiger partial charge in [-0.05, 0) is 49.8 Å². The van der Waals surface area contributed by atoms with E-state index in [4.69, 9.17) is 0 Å². The van der Waals surface area contributed by atoms with E-state index in [1.807, 2.05) is 19.1 Å². The molecule has 3 rings (SSSR count). The summed E-state index contributed by atoms with van der Waals surface area (Å²) in [5.74, 6) is 1.30. The van der Waals surface area contributed by atoms with Crippen LogP contribution < -0.4 is 10.6 Å². The van der Waals surface area contributed by atoms with Crippen LogP contribution in [0, 0.1) is 18.8 Å². The zero-order chi connectivity index (χ0) is 19.4. The molecule has 146 valence electrons. The van der Waals surface area contributed by atoms with Gasteiger partial charge in [0.05, 0.1) is 5.25 Å². The zero-order valence-electron chi connectivity index (χ0n) is 16.4. The van der Waals surface area contributed by atoms with Gasteiger partial charge in [0.15, 0.2) is 4.34 Å². The highest BCUT2D eigenvalue weighted by Gasteiger charge is 2.29. The van der Waals surface area contributed by atoms with Crippen LogP contribution in [0.15, 0.2) is 28.6 Å². The number of nitrogens with one attached hydrogen (secondary N) is 2. The number of carbonyl (C=O) groups is 1. The van der Waals surface area contributed by atoms with E-state index in [9.17, 15) is 4.79 Å².